The van der Waals surface area contributed by atoms with Gasteiger partial charge in [-0.25, -0.2) is 9.37 Å². The van der Waals surface area contributed by atoms with Crippen molar-refractivity contribution in [3.63, 3.8) is 0 Å². The van der Waals surface area contributed by atoms with Crippen molar-refractivity contribution >= 4 is 38.1 Å². The Hall–Kier alpha value is -1.14. The highest BCUT2D eigenvalue weighted by atomic mass is 79.9. The molecular weight excluding hydrogens is 353 g/mol. The number of aromatic nitrogens is 1. The summed E-state index contributed by atoms with van der Waals surface area (Å²) in [4.78, 5) is 7.85. The average molecular weight is 372 g/mol. The number of hydrogen-bond acceptors (Lipinski definition) is 4. The van der Waals surface area contributed by atoms with Gasteiger partial charge in [-0.15, -0.1) is 11.3 Å². The third kappa shape index (κ3) is 3.95. The number of rotatable bonds is 6. The molecule has 0 amide bonds. The molecule has 0 fully saturated rings. The molecule has 114 valence electrons. The summed E-state index contributed by atoms with van der Waals surface area (Å²) in [5.74, 6) is -0.236. The lowest BCUT2D eigenvalue weighted by molar-refractivity contribution is 0.620. The van der Waals surface area contributed by atoms with Crippen LogP contribution in [0.25, 0.3) is 0 Å². The molecule has 0 aliphatic rings. The minimum absolute atomic E-state index is 0.236. The van der Waals surface area contributed by atoms with Gasteiger partial charge in [-0.1, -0.05) is 0 Å². The van der Waals surface area contributed by atoms with Gasteiger partial charge in [0.05, 0.1) is 11.0 Å². The molecule has 6 heteroatoms. The van der Waals surface area contributed by atoms with Crippen molar-refractivity contribution in [2.24, 2.45) is 0 Å². The van der Waals surface area contributed by atoms with E-state index in [0.29, 0.717) is 11.0 Å². The van der Waals surface area contributed by atoms with Crippen molar-refractivity contribution < 1.29 is 4.39 Å². The summed E-state index contributed by atoms with van der Waals surface area (Å²) in [5.41, 5.74) is 1.82. The van der Waals surface area contributed by atoms with Crippen LogP contribution in [0.15, 0.2) is 22.8 Å². The Kier molecular flexibility index (Phi) is 5.58. The van der Waals surface area contributed by atoms with Gasteiger partial charge >= 0.3 is 0 Å². The predicted octanol–water partition coefficient (Wildman–Crippen LogP) is 4.81. The zero-order chi connectivity index (χ0) is 15.4. The van der Waals surface area contributed by atoms with Crippen LogP contribution < -0.4 is 10.2 Å². The van der Waals surface area contributed by atoms with Gasteiger partial charge in [-0.2, -0.15) is 0 Å². The molecule has 1 N–H and O–H groups in total. The van der Waals surface area contributed by atoms with Crippen LogP contribution >= 0.6 is 27.3 Å². The van der Waals surface area contributed by atoms with Crippen molar-refractivity contribution in [3.8, 4) is 0 Å². The van der Waals surface area contributed by atoms with Crippen LogP contribution in [0, 0.1) is 12.7 Å². The Labute approximate surface area is 137 Å². The molecule has 1 aromatic heterocycles. The highest BCUT2D eigenvalue weighted by Crippen LogP contribution is 2.26. The van der Waals surface area contributed by atoms with E-state index in [1.165, 1.54) is 6.07 Å². The molecule has 2 rings (SSSR count). The number of thiazole rings is 1. The molecule has 1 aromatic carbocycles. The molecule has 0 saturated heterocycles. The Morgan fingerprint density at radius 2 is 2.05 bits per heavy atom. The van der Waals surface area contributed by atoms with Gasteiger partial charge in [-0.05, 0) is 54.4 Å². The standard InChI is InChI=1S/C15H19BrFN3S/c1-4-20(5-2)15-19-9-11(21-15)8-18-14-7-12(16)13(17)6-10(14)3/h6-7,9,18H,4-5,8H2,1-3H3. The lowest BCUT2D eigenvalue weighted by Crippen LogP contribution is -2.21. The van der Waals surface area contributed by atoms with Gasteiger partial charge in [0, 0.05) is 29.9 Å². The zero-order valence-electron chi connectivity index (χ0n) is 12.4. The number of nitrogens with zero attached hydrogens (tertiary/aromatic N) is 2. The van der Waals surface area contributed by atoms with Crippen LogP contribution in [0.1, 0.15) is 24.3 Å². The van der Waals surface area contributed by atoms with Crippen molar-refractivity contribution in [3.05, 3.63) is 39.1 Å². The molecule has 0 unspecified atom stereocenters. The molecule has 0 bridgehead atoms. The lowest BCUT2D eigenvalue weighted by Gasteiger charge is -2.16. The summed E-state index contributed by atoms with van der Waals surface area (Å²) in [5, 5.41) is 4.39. The van der Waals surface area contributed by atoms with E-state index < -0.39 is 0 Å². The Bertz CT molecular complexity index is 611. The van der Waals surface area contributed by atoms with Crippen molar-refractivity contribution in [2.45, 2.75) is 27.3 Å². The lowest BCUT2D eigenvalue weighted by atomic mass is 10.2. The first-order valence-electron chi connectivity index (χ1n) is 6.94. The van der Waals surface area contributed by atoms with E-state index in [9.17, 15) is 4.39 Å². The van der Waals surface area contributed by atoms with Crippen molar-refractivity contribution in [2.75, 3.05) is 23.3 Å². The second kappa shape index (κ2) is 7.22. The highest BCUT2D eigenvalue weighted by molar-refractivity contribution is 9.10. The van der Waals surface area contributed by atoms with E-state index >= 15 is 0 Å². The Morgan fingerprint density at radius 3 is 2.71 bits per heavy atom. The first-order chi connectivity index (χ1) is 10.0. The van der Waals surface area contributed by atoms with Gasteiger partial charge in [0.2, 0.25) is 0 Å². The number of aryl methyl sites for hydroxylation is 1. The number of hydrogen-bond donors (Lipinski definition) is 1. The minimum atomic E-state index is -0.236. The Morgan fingerprint density at radius 1 is 1.33 bits per heavy atom. The summed E-state index contributed by atoms with van der Waals surface area (Å²) < 4.78 is 13.9. The number of benzene rings is 1. The van der Waals surface area contributed by atoms with E-state index in [1.54, 1.807) is 17.4 Å². The van der Waals surface area contributed by atoms with Crippen LogP contribution in [0.3, 0.4) is 0 Å². The Balaban J connectivity index is 2.05. The summed E-state index contributed by atoms with van der Waals surface area (Å²) in [6.07, 6.45) is 1.90. The third-order valence-electron chi connectivity index (χ3n) is 3.30. The summed E-state index contributed by atoms with van der Waals surface area (Å²) >= 11 is 4.91. The van der Waals surface area contributed by atoms with Crippen LogP contribution in [0.5, 0.6) is 0 Å². The molecule has 0 spiro atoms. The number of halogens is 2. The fourth-order valence-electron chi connectivity index (χ4n) is 2.04. The molecule has 3 nitrogen and oxygen atoms in total. The van der Waals surface area contributed by atoms with Crippen LogP contribution in [0.2, 0.25) is 0 Å². The van der Waals surface area contributed by atoms with Gasteiger partial charge in [0.1, 0.15) is 5.82 Å². The summed E-state index contributed by atoms with van der Waals surface area (Å²) in [7, 11) is 0. The molecular formula is C15H19BrFN3S. The first-order valence-corrected chi connectivity index (χ1v) is 8.55. The van der Waals surface area contributed by atoms with Crippen LogP contribution in [0.4, 0.5) is 15.2 Å². The molecule has 0 atom stereocenters. The van der Waals surface area contributed by atoms with E-state index in [4.69, 9.17) is 0 Å². The first kappa shape index (κ1) is 16.2. The molecule has 21 heavy (non-hydrogen) atoms. The smallest absolute Gasteiger partial charge is 0.185 e. The predicted molar refractivity (Wildman–Crippen MR) is 91.8 cm³/mol. The number of anilines is 2. The summed E-state index contributed by atoms with van der Waals surface area (Å²) in [6, 6.07) is 3.30. The maximum Gasteiger partial charge on any atom is 0.185 e. The maximum atomic E-state index is 13.4. The SMILES string of the molecule is CCN(CC)c1ncc(CNc2cc(Br)c(F)cc2C)s1. The maximum absolute atomic E-state index is 13.4. The molecule has 0 saturated carbocycles. The fourth-order valence-corrected chi connectivity index (χ4v) is 3.36. The van der Waals surface area contributed by atoms with E-state index in [-0.39, 0.29) is 5.82 Å². The quantitative estimate of drug-likeness (QED) is 0.789. The van der Waals surface area contributed by atoms with Crippen molar-refractivity contribution in [1.82, 2.24) is 4.98 Å². The van der Waals surface area contributed by atoms with E-state index in [2.05, 4.69) is 45.0 Å². The van der Waals surface area contributed by atoms with E-state index in [0.717, 1.165) is 34.3 Å². The van der Waals surface area contributed by atoms with Gasteiger partial charge in [0.15, 0.2) is 5.13 Å². The van der Waals surface area contributed by atoms with Gasteiger partial charge < -0.3 is 10.2 Å². The highest BCUT2D eigenvalue weighted by Gasteiger charge is 2.09. The zero-order valence-corrected chi connectivity index (χ0v) is 14.8. The fraction of sp³-hybridized carbons (Fsp3) is 0.400. The molecule has 1 heterocycles. The van der Waals surface area contributed by atoms with Crippen molar-refractivity contribution in [1.29, 1.82) is 0 Å². The largest absolute Gasteiger partial charge is 0.380 e. The molecule has 2 aromatic rings. The number of nitrogens with one attached hydrogen (secondary N) is 1. The van der Waals surface area contributed by atoms with Gasteiger partial charge in [-0.3, -0.25) is 0 Å². The van der Waals surface area contributed by atoms with Gasteiger partial charge in [0.25, 0.3) is 0 Å². The average Bonchev–Trinajstić information content (AvgIpc) is 2.91. The molecule has 0 aliphatic carbocycles. The molecule has 0 aliphatic heterocycles. The second-order valence-corrected chi connectivity index (χ2v) is 6.66. The third-order valence-corrected chi connectivity index (χ3v) is 4.96. The van der Waals surface area contributed by atoms with Crippen LogP contribution in [-0.2, 0) is 6.54 Å². The molecule has 0 radical (unpaired) electrons. The second-order valence-electron chi connectivity index (χ2n) is 4.72. The minimum Gasteiger partial charge on any atom is -0.380 e. The van der Waals surface area contributed by atoms with E-state index in [1.807, 2.05) is 13.1 Å². The summed E-state index contributed by atoms with van der Waals surface area (Å²) in [6.45, 7) is 8.76. The van der Waals surface area contributed by atoms with Crippen LogP contribution in [-0.4, -0.2) is 18.1 Å². The monoisotopic (exact) mass is 371 g/mol. The topological polar surface area (TPSA) is 28.2 Å². The normalized spacial score (nSPS) is 10.7.